The minimum absolute atomic E-state index is 0.138. The van der Waals surface area contributed by atoms with E-state index in [0.29, 0.717) is 37.0 Å². The Kier molecular flexibility index (Phi) is 11.0. The van der Waals surface area contributed by atoms with Crippen molar-refractivity contribution in [3.05, 3.63) is 66.0 Å². The number of benzene rings is 2. The number of nitrogens with zero attached hydrogens (tertiary/aromatic N) is 7. The zero-order chi connectivity index (χ0) is 38.9. The Morgan fingerprint density at radius 2 is 1.71 bits per heavy atom. The van der Waals surface area contributed by atoms with E-state index >= 15 is 0 Å². The summed E-state index contributed by atoms with van der Waals surface area (Å²) in [6.07, 6.45) is 1.01. The van der Waals surface area contributed by atoms with Gasteiger partial charge in [-0.05, 0) is 92.4 Å². The summed E-state index contributed by atoms with van der Waals surface area (Å²) in [5.41, 5.74) is 3.15. The molecule has 0 aliphatic carbocycles. The van der Waals surface area contributed by atoms with Crippen LogP contribution >= 0.6 is 0 Å². The second-order valence-corrected chi connectivity index (χ2v) is 16.6. The second-order valence-electron chi connectivity index (χ2n) is 14.6. The van der Waals surface area contributed by atoms with Gasteiger partial charge in [0.05, 0.1) is 22.8 Å². The van der Waals surface area contributed by atoms with Crippen molar-refractivity contribution in [3.63, 3.8) is 0 Å². The third kappa shape index (κ3) is 9.02. The predicted molar refractivity (Wildman–Crippen MR) is 198 cm³/mol. The molecule has 5 heterocycles. The van der Waals surface area contributed by atoms with E-state index in [0.717, 1.165) is 67.8 Å². The van der Waals surface area contributed by atoms with Crippen LogP contribution in [0, 0.1) is 5.92 Å². The summed E-state index contributed by atoms with van der Waals surface area (Å²) in [7, 11) is -1.86. The van der Waals surface area contributed by atoms with E-state index in [2.05, 4.69) is 54.4 Å². The molecule has 3 saturated heterocycles. The Morgan fingerprint density at radius 1 is 0.982 bits per heavy atom. The fraction of sp³-hybridized carbons (Fsp3) is 0.486. The smallest absolute Gasteiger partial charge is 0.402 e. The molecule has 14 nitrogen and oxygen atoms in total. The summed E-state index contributed by atoms with van der Waals surface area (Å²) in [5, 5.41) is 10.9. The van der Waals surface area contributed by atoms with Gasteiger partial charge in [0, 0.05) is 51.1 Å². The van der Waals surface area contributed by atoms with Crippen LogP contribution in [0.25, 0.3) is 10.9 Å². The molecule has 3 aliphatic rings. The van der Waals surface area contributed by atoms with Gasteiger partial charge >= 0.3 is 12.4 Å². The molecule has 3 amide bonds. The first-order chi connectivity index (χ1) is 26.2. The molecule has 2 aromatic carbocycles. The van der Waals surface area contributed by atoms with Crippen LogP contribution in [0.2, 0.25) is 0 Å². The Bertz CT molecular complexity index is 2130. The third-order valence-electron chi connectivity index (χ3n) is 10.6. The van der Waals surface area contributed by atoms with E-state index in [1.54, 1.807) is 22.9 Å². The van der Waals surface area contributed by atoms with Gasteiger partial charge in [0.15, 0.2) is 11.6 Å². The number of imide groups is 1. The fourth-order valence-electron chi connectivity index (χ4n) is 7.81. The summed E-state index contributed by atoms with van der Waals surface area (Å²) < 4.78 is 71.6. The van der Waals surface area contributed by atoms with Crippen molar-refractivity contribution in [2.75, 3.05) is 49.5 Å². The molecule has 2 aromatic heterocycles. The molecule has 2 N–H and O–H groups in total. The minimum Gasteiger partial charge on any atom is -0.402 e. The molecule has 294 valence electrons. The van der Waals surface area contributed by atoms with Gasteiger partial charge in [-0.2, -0.15) is 9.40 Å². The molecule has 0 spiro atoms. The largest absolute Gasteiger partial charge is 0.573 e. The molecule has 4 aromatic rings. The summed E-state index contributed by atoms with van der Waals surface area (Å²) in [6.45, 7) is 5.86. The van der Waals surface area contributed by atoms with Gasteiger partial charge in [-0.15, -0.1) is 13.2 Å². The first-order valence-corrected chi connectivity index (χ1v) is 19.9. The Balaban J connectivity index is 0.886. The third-order valence-corrected chi connectivity index (χ3v) is 12.5. The van der Waals surface area contributed by atoms with Gasteiger partial charge in [0.1, 0.15) is 0 Å². The van der Waals surface area contributed by atoms with Crippen LogP contribution in [0.5, 0.6) is 5.75 Å². The van der Waals surface area contributed by atoms with Crippen LogP contribution in [0.4, 0.5) is 29.7 Å². The first kappa shape index (κ1) is 38.5. The quantitative estimate of drug-likeness (QED) is 0.212. The number of aryl methyl sites for hydroxylation is 1. The zero-order valence-electron chi connectivity index (χ0n) is 30.6. The van der Waals surface area contributed by atoms with Crippen LogP contribution in [-0.2, 0) is 28.3 Å². The maximum Gasteiger partial charge on any atom is 0.573 e. The van der Waals surface area contributed by atoms with Gasteiger partial charge < -0.3 is 15.0 Å². The van der Waals surface area contributed by atoms with E-state index < -0.39 is 28.2 Å². The SMILES string of the molecule is CC(Cc1cccc(S(=O)(=O)N2CCC(Nc3ncc(OC(F)(F)F)cn3)CC2)c1)CN1CCC(c2ccc3c(N4CCC(=O)NC4=O)nn(C)c3c2)CC1. The average molecular weight is 784 g/mol. The predicted octanol–water partition coefficient (Wildman–Crippen LogP) is 5.03. The lowest BCUT2D eigenvalue weighted by atomic mass is 9.88. The molecule has 18 heteroatoms. The normalized spacial score (nSPS) is 19.1. The van der Waals surface area contributed by atoms with Crippen molar-refractivity contribution in [2.24, 2.45) is 13.0 Å². The number of ether oxygens (including phenoxy) is 1. The molecule has 1 atom stereocenters. The summed E-state index contributed by atoms with van der Waals surface area (Å²) in [4.78, 5) is 36.1. The van der Waals surface area contributed by atoms with Gasteiger partial charge in [0.2, 0.25) is 21.9 Å². The minimum atomic E-state index is -4.83. The van der Waals surface area contributed by atoms with E-state index in [9.17, 15) is 31.2 Å². The number of amides is 3. The Morgan fingerprint density at radius 3 is 2.40 bits per heavy atom. The lowest BCUT2D eigenvalue weighted by Crippen LogP contribution is -2.49. The van der Waals surface area contributed by atoms with Crippen molar-refractivity contribution in [1.82, 2.24) is 34.3 Å². The van der Waals surface area contributed by atoms with Gasteiger partial charge in [-0.3, -0.25) is 19.7 Å². The van der Waals surface area contributed by atoms with Crippen LogP contribution < -0.4 is 20.3 Å². The van der Waals surface area contributed by atoms with Crippen molar-refractivity contribution in [1.29, 1.82) is 0 Å². The summed E-state index contributed by atoms with van der Waals surface area (Å²) in [6, 6.07) is 12.9. The van der Waals surface area contributed by atoms with Crippen LogP contribution in [0.3, 0.4) is 0 Å². The summed E-state index contributed by atoms with van der Waals surface area (Å²) >= 11 is 0. The number of hydrogen-bond acceptors (Lipinski definition) is 10. The van der Waals surface area contributed by atoms with E-state index in [4.69, 9.17) is 0 Å². The number of carbonyl (C=O) groups is 2. The number of fused-ring (bicyclic) bond motifs is 1. The van der Waals surface area contributed by atoms with Crippen LogP contribution in [0.15, 0.2) is 59.8 Å². The van der Waals surface area contributed by atoms with Crippen molar-refractivity contribution in [3.8, 4) is 5.75 Å². The molecular weight excluding hydrogens is 740 g/mol. The van der Waals surface area contributed by atoms with Crippen LogP contribution in [0.1, 0.15) is 56.1 Å². The van der Waals surface area contributed by atoms with Crippen LogP contribution in [-0.4, -0.2) is 101 Å². The number of alkyl halides is 3. The molecule has 0 radical (unpaired) electrons. The number of hydrogen-bond donors (Lipinski definition) is 2. The number of anilines is 2. The summed E-state index contributed by atoms with van der Waals surface area (Å²) in [5.74, 6) is 0.609. The van der Waals surface area contributed by atoms with E-state index in [1.165, 1.54) is 14.8 Å². The number of halogens is 3. The molecule has 7 rings (SSSR count). The maximum absolute atomic E-state index is 13.6. The lowest BCUT2D eigenvalue weighted by Gasteiger charge is -2.34. The number of urea groups is 1. The number of piperidine rings is 2. The van der Waals surface area contributed by atoms with Gasteiger partial charge in [-0.1, -0.05) is 25.1 Å². The zero-order valence-corrected chi connectivity index (χ0v) is 31.4. The lowest BCUT2D eigenvalue weighted by molar-refractivity contribution is -0.274. The number of aromatic nitrogens is 4. The van der Waals surface area contributed by atoms with Gasteiger partial charge in [0.25, 0.3) is 0 Å². The average Bonchev–Trinajstić information content (AvgIpc) is 3.47. The number of likely N-dealkylation sites (tertiary alicyclic amines) is 1. The number of nitrogens with one attached hydrogen (secondary N) is 2. The van der Waals surface area contributed by atoms with Crippen molar-refractivity contribution < 1.29 is 35.9 Å². The molecule has 1 unspecified atom stereocenters. The molecule has 0 saturated carbocycles. The molecule has 55 heavy (non-hydrogen) atoms. The topological polar surface area (TPSA) is 155 Å². The fourth-order valence-corrected chi connectivity index (χ4v) is 9.35. The molecule has 3 aliphatic heterocycles. The highest BCUT2D eigenvalue weighted by Crippen LogP contribution is 2.34. The number of rotatable bonds is 11. The Hall–Kier alpha value is -4.81. The monoisotopic (exact) mass is 783 g/mol. The molecule has 0 bridgehead atoms. The Labute approximate surface area is 317 Å². The highest BCUT2D eigenvalue weighted by atomic mass is 32.2. The maximum atomic E-state index is 13.6. The van der Waals surface area contributed by atoms with Gasteiger partial charge in [-0.25, -0.2) is 23.2 Å². The van der Waals surface area contributed by atoms with E-state index in [1.807, 2.05) is 19.2 Å². The van der Waals surface area contributed by atoms with Crippen molar-refractivity contribution in [2.45, 2.75) is 68.7 Å². The number of sulfonamides is 1. The highest BCUT2D eigenvalue weighted by Gasteiger charge is 2.33. The standard InChI is InChI=1S/C37H44F3N9O5S/c1-24(23-47-13-8-26(9-14-47)27-6-7-31-32(20-27)46(2)45-34(31)49-17-12-33(50)44-36(49)51)18-25-4-3-5-30(19-25)55(52,53)48-15-10-28(11-16-48)43-35-41-21-29(22-42-35)54-37(38,39)40/h3-7,19-22,24,26,28H,8-18,23H2,1-2H3,(H,41,42,43)(H,44,50,51). The second kappa shape index (κ2) is 15.7. The van der Waals surface area contributed by atoms with Crippen molar-refractivity contribution >= 4 is 44.6 Å². The first-order valence-electron chi connectivity index (χ1n) is 18.5. The molecule has 3 fully saturated rings. The highest BCUT2D eigenvalue weighted by molar-refractivity contribution is 7.89. The molecular formula is C37H44F3N9O5S. The van der Waals surface area contributed by atoms with E-state index in [-0.39, 0.29) is 42.3 Å². The number of carbonyl (C=O) groups excluding carboxylic acids is 2.